The number of aryl methyl sites for hydroxylation is 1. The van der Waals surface area contributed by atoms with Crippen molar-refractivity contribution in [3.63, 3.8) is 0 Å². The van der Waals surface area contributed by atoms with Crippen LogP contribution in [-0.4, -0.2) is 55.8 Å². The van der Waals surface area contributed by atoms with Crippen LogP contribution in [0.3, 0.4) is 0 Å². The molecule has 236 valence electrons. The quantitative estimate of drug-likeness (QED) is 0.181. The van der Waals surface area contributed by atoms with Crippen molar-refractivity contribution in [2.24, 2.45) is 0 Å². The number of nitrogens with zero attached hydrogens (tertiary/aromatic N) is 3. The Morgan fingerprint density at radius 3 is 2.23 bits per heavy atom. The van der Waals surface area contributed by atoms with E-state index in [0.29, 0.717) is 10.6 Å². The Balaban J connectivity index is 2.19. The van der Waals surface area contributed by atoms with Crippen molar-refractivity contribution in [3.05, 3.63) is 92.0 Å². The lowest BCUT2D eigenvalue weighted by atomic mass is 10.1. The number of hydrogen-bond donors (Lipinski definition) is 1. The Morgan fingerprint density at radius 2 is 1.66 bits per heavy atom. The molecule has 1 N–H and O–H groups in total. The smallest absolute Gasteiger partial charge is 0.273 e. The number of rotatable bonds is 13. The highest BCUT2D eigenvalue weighted by molar-refractivity contribution is 7.92. The van der Waals surface area contributed by atoms with E-state index in [4.69, 9.17) is 27.9 Å². The molecule has 11 nitrogen and oxygen atoms in total. The molecule has 3 rings (SSSR count). The maximum absolute atomic E-state index is 14.2. The van der Waals surface area contributed by atoms with E-state index in [-0.39, 0.29) is 41.0 Å². The van der Waals surface area contributed by atoms with Gasteiger partial charge < -0.3 is 15.0 Å². The monoisotopic (exact) mass is 664 g/mol. The standard InChI is InChI=1S/C30H34Cl2N4O7S/c1-6-25(30(38)33-19(2)3)34(17-21-8-10-22(31)11-9-21)29(37)18-35(27-15-23(32)12-14-28(27)43-5)44(41,42)24-13-7-20(4)26(16-24)36(39)40/h7-16,19,25H,6,17-18H2,1-5H3,(H,33,38). The van der Waals surface area contributed by atoms with Gasteiger partial charge in [0.15, 0.2) is 0 Å². The second kappa shape index (κ2) is 14.7. The molecule has 1 unspecified atom stereocenters. The van der Waals surface area contributed by atoms with E-state index in [2.05, 4.69) is 5.32 Å². The van der Waals surface area contributed by atoms with Crippen molar-refractivity contribution in [3.8, 4) is 5.75 Å². The number of benzene rings is 3. The molecule has 0 fully saturated rings. The van der Waals surface area contributed by atoms with Crippen LogP contribution in [0.15, 0.2) is 65.6 Å². The number of methoxy groups -OCH3 is 1. The minimum Gasteiger partial charge on any atom is -0.495 e. The first-order chi connectivity index (χ1) is 20.7. The molecular weight excluding hydrogens is 631 g/mol. The van der Waals surface area contributed by atoms with Crippen LogP contribution in [0.4, 0.5) is 11.4 Å². The third-order valence-corrected chi connectivity index (χ3v) is 8.98. The largest absolute Gasteiger partial charge is 0.495 e. The fraction of sp³-hybridized carbons (Fsp3) is 0.333. The van der Waals surface area contributed by atoms with Crippen molar-refractivity contribution in [2.75, 3.05) is 18.0 Å². The molecule has 0 spiro atoms. The van der Waals surface area contributed by atoms with Gasteiger partial charge in [-0.15, -0.1) is 0 Å². The average molecular weight is 666 g/mol. The number of hydrogen-bond acceptors (Lipinski definition) is 7. The van der Waals surface area contributed by atoms with Crippen LogP contribution in [0.5, 0.6) is 5.75 Å². The lowest BCUT2D eigenvalue weighted by Gasteiger charge is -2.34. The molecule has 0 aromatic heterocycles. The van der Waals surface area contributed by atoms with E-state index in [1.165, 1.54) is 49.3 Å². The number of halogens is 2. The van der Waals surface area contributed by atoms with Crippen molar-refractivity contribution >= 4 is 56.4 Å². The van der Waals surface area contributed by atoms with Crippen molar-refractivity contribution in [2.45, 2.75) is 57.6 Å². The molecule has 0 bridgehead atoms. The van der Waals surface area contributed by atoms with Gasteiger partial charge in [-0.25, -0.2) is 8.42 Å². The molecule has 0 aliphatic carbocycles. The minimum absolute atomic E-state index is 0.0312. The number of nitro benzene ring substituents is 1. The molecule has 44 heavy (non-hydrogen) atoms. The zero-order valence-corrected chi connectivity index (χ0v) is 27.2. The van der Waals surface area contributed by atoms with Crippen LogP contribution < -0.4 is 14.4 Å². The minimum atomic E-state index is -4.63. The second-order valence-corrected chi connectivity index (χ2v) is 13.0. The summed E-state index contributed by atoms with van der Waals surface area (Å²) in [4.78, 5) is 39.3. The summed E-state index contributed by atoms with van der Waals surface area (Å²) in [6, 6.07) is 13.3. The maximum Gasteiger partial charge on any atom is 0.273 e. The molecule has 0 saturated heterocycles. The van der Waals surface area contributed by atoms with Crippen LogP contribution >= 0.6 is 23.2 Å². The maximum atomic E-state index is 14.2. The fourth-order valence-corrected chi connectivity index (χ4v) is 6.26. The van der Waals surface area contributed by atoms with Gasteiger partial charge in [-0.1, -0.05) is 48.3 Å². The first-order valence-electron chi connectivity index (χ1n) is 13.6. The van der Waals surface area contributed by atoms with Crippen molar-refractivity contribution in [1.29, 1.82) is 0 Å². The van der Waals surface area contributed by atoms with Gasteiger partial charge in [-0.3, -0.25) is 24.0 Å². The van der Waals surface area contributed by atoms with Gasteiger partial charge in [0.2, 0.25) is 11.8 Å². The highest BCUT2D eigenvalue weighted by atomic mass is 35.5. The molecule has 0 heterocycles. The summed E-state index contributed by atoms with van der Waals surface area (Å²) in [6.45, 7) is 5.99. The molecule has 1 atom stereocenters. The van der Waals surface area contributed by atoms with Gasteiger partial charge in [-0.05, 0) is 69.2 Å². The molecule has 0 aliphatic heterocycles. The van der Waals surface area contributed by atoms with Gasteiger partial charge in [0, 0.05) is 34.3 Å². The zero-order valence-electron chi connectivity index (χ0n) is 24.9. The summed E-state index contributed by atoms with van der Waals surface area (Å²) < 4.78 is 34.6. The molecule has 2 amide bonds. The predicted octanol–water partition coefficient (Wildman–Crippen LogP) is 5.75. The number of amides is 2. The topological polar surface area (TPSA) is 139 Å². The highest BCUT2D eigenvalue weighted by Crippen LogP contribution is 2.36. The van der Waals surface area contributed by atoms with E-state index >= 15 is 0 Å². The van der Waals surface area contributed by atoms with Crippen LogP contribution in [0.2, 0.25) is 10.0 Å². The Morgan fingerprint density at radius 1 is 1.02 bits per heavy atom. The van der Waals surface area contributed by atoms with Gasteiger partial charge in [0.05, 0.1) is 22.6 Å². The first kappa shape index (κ1) is 34.6. The van der Waals surface area contributed by atoms with Crippen LogP contribution in [0, 0.1) is 17.0 Å². The fourth-order valence-electron chi connectivity index (χ4n) is 4.53. The number of anilines is 1. The van der Waals surface area contributed by atoms with E-state index in [1.54, 1.807) is 45.0 Å². The van der Waals surface area contributed by atoms with Crippen LogP contribution in [0.25, 0.3) is 0 Å². The Hall–Kier alpha value is -3.87. The molecule has 0 aliphatic rings. The third-order valence-electron chi connectivity index (χ3n) is 6.74. The third kappa shape index (κ3) is 8.19. The average Bonchev–Trinajstić information content (AvgIpc) is 2.96. The summed E-state index contributed by atoms with van der Waals surface area (Å²) in [6.07, 6.45) is 0.231. The van der Waals surface area contributed by atoms with Gasteiger partial charge >= 0.3 is 0 Å². The summed E-state index contributed by atoms with van der Waals surface area (Å²) >= 11 is 12.3. The lowest BCUT2D eigenvalue weighted by molar-refractivity contribution is -0.385. The van der Waals surface area contributed by atoms with Gasteiger partial charge in [0.1, 0.15) is 18.3 Å². The summed E-state index contributed by atoms with van der Waals surface area (Å²) in [5.41, 5.74) is 0.439. The molecule has 14 heteroatoms. The van der Waals surface area contributed by atoms with Gasteiger partial charge in [-0.2, -0.15) is 0 Å². The second-order valence-electron chi connectivity index (χ2n) is 10.3. The Kier molecular flexibility index (Phi) is 11.6. The Labute approximate surface area is 266 Å². The lowest BCUT2D eigenvalue weighted by Crippen LogP contribution is -2.53. The highest BCUT2D eigenvalue weighted by Gasteiger charge is 2.35. The van der Waals surface area contributed by atoms with Crippen LogP contribution in [0.1, 0.15) is 38.3 Å². The summed E-state index contributed by atoms with van der Waals surface area (Å²) in [5, 5.41) is 15.1. The molecular formula is C30H34Cl2N4O7S. The number of carbonyl (C=O) groups excluding carboxylic acids is 2. The number of nitrogens with one attached hydrogen (secondary N) is 1. The van der Waals surface area contributed by atoms with Crippen LogP contribution in [-0.2, 0) is 26.2 Å². The predicted molar refractivity (Wildman–Crippen MR) is 170 cm³/mol. The molecule has 0 saturated carbocycles. The molecule has 0 radical (unpaired) electrons. The van der Waals surface area contributed by atoms with E-state index in [1.807, 2.05) is 0 Å². The number of nitro groups is 1. The van der Waals surface area contributed by atoms with E-state index < -0.39 is 49.9 Å². The number of sulfonamides is 1. The summed E-state index contributed by atoms with van der Waals surface area (Å²) in [5.74, 6) is -1.03. The van der Waals surface area contributed by atoms with E-state index in [9.17, 15) is 28.1 Å². The van der Waals surface area contributed by atoms with Crippen molar-refractivity contribution < 1.29 is 27.7 Å². The normalized spacial score (nSPS) is 12.0. The van der Waals surface area contributed by atoms with E-state index in [0.717, 1.165) is 10.4 Å². The Bertz CT molecular complexity index is 1630. The molecule has 3 aromatic rings. The van der Waals surface area contributed by atoms with Crippen molar-refractivity contribution in [1.82, 2.24) is 10.2 Å². The number of ether oxygens (including phenoxy) is 1. The first-order valence-corrected chi connectivity index (χ1v) is 15.8. The molecule has 3 aromatic carbocycles. The zero-order chi connectivity index (χ0) is 32.8. The van der Waals surface area contributed by atoms with Gasteiger partial charge in [0.25, 0.3) is 15.7 Å². The number of carbonyl (C=O) groups is 2. The summed E-state index contributed by atoms with van der Waals surface area (Å²) in [7, 11) is -3.30. The SMILES string of the molecule is CCC(C(=O)NC(C)C)N(Cc1ccc(Cl)cc1)C(=O)CN(c1cc(Cl)ccc1OC)S(=O)(=O)c1ccc(C)c([N+](=O)[O-])c1.